The Bertz CT molecular complexity index is 7.61. The van der Waals surface area contributed by atoms with Crippen LogP contribution in [0.4, 0.5) is 0 Å². The number of hydrogen-bond acceptors (Lipinski definition) is 4. The molecular formula is H2MgO2S2. The molecule has 0 fully saturated rings. The van der Waals surface area contributed by atoms with Gasteiger partial charge in [0.25, 0.3) is 0 Å². The molecule has 0 atom stereocenters. The molecule has 0 aliphatic rings. The van der Waals surface area contributed by atoms with Gasteiger partial charge in [-0.3, -0.25) is 0 Å². The zero-order chi connectivity index (χ0) is 4.00. The summed E-state index contributed by atoms with van der Waals surface area (Å²) in [5.41, 5.74) is 0. The molecule has 2 N–H and O–H groups in total. The third kappa shape index (κ3) is 32.1. The van der Waals surface area contributed by atoms with Gasteiger partial charge in [0.05, 0.1) is 0 Å². The summed E-state index contributed by atoms with van der Waals surface area (Å²) in [6.45, 7) is 0. The largest absolute Gasteiger partial charge is 2.00 e. The smallest absolute Gasteiger partial charge is 0.628 e. The van der Waals surface area contributed by atoms with Crippen molar-refractivity contribution in [3.05, 3.63) is 0 Å². The van der Waals surface area contributed by atoms with Crippen LogP contribution in [0.1, 0.15) is 0 Å². The zero-order valence-corrected chi connectivity index (χ0v) is 5.47. The summed E-state index contributed by atoms with van der Waals surface area (Å²) in [4.78, 5) is 0. The van der Waals surface area contributed by atoms with Crippen LogP contribution in [0.5, 0.6) is 0 Å². The summed E-state index contributed by atoms with van der Waals surface area (Å²) >= 11 is 6.17. The maximum absolute atomic E-state index is 6.58. The van der Waals surface area contributed by atoms with Crippen molar-refractivity contribution in [2.45, 2.75) is 0 Å². The normalized spacial score (nSPS) is 2.40. The van der Waals surface area contributed by atoms with Crippen molar-refractivity contribution in [3.63, 3.8) is 0 Å². The van der Waals surface area contributed by atoms with Crippen molar-refractivity contribution in [1.29, 1.82) is 0 Å². The molecule has 0 aromatic heterocycles. The molecule has 5 heavy (non-hydrogen) atoms. The van der Waals surface area contributed by atoms with Crippen molar-refractivity contribution >= 4 is 48.9 Å². The third-order valence-electron chi connectivity index (χ3n) is 0. The van der Waals surface area contributed by atoms with Crippen LogP contribution in [0.3, 0.4) is 0 Å². The van der Waals surface area contributed by atoms with Crippen molar-refractivity contribution in [1.82, 2.24) is 0 Å². The third-order valence-corrected chi connectivity index (χ3v) is 0. The van der Waals surface area contributed by atoms with E-state index in [0.29, 0.717) is 0 Å². The van der Waals surface area contributed by atoms with Crippen LogP contribution in [-0.4, -0.2) is 32.2 Å². The van der Waals surface area contributed by atoms with Gasteiger partial charge in [0.1, 0.15) is 0 Å². The first-order valence-corrected chi connectivity index (χ1v) is 1.10. The quantitative estimate of drug-likeness (QED) is 0.340. The Kier molecular flexibility index (Phi) is 174. The average Bonchev–Trinajstić information content (AvgIpc) is 1.50. The van der Waals surface area contributed by atoms with Gasteiger partial charge in [-0.25, -0.2) is 0 Å². The van der Waals surface area contributed by atoms with E-state index in [1.807, 2.05) is 0 Å². The molecule has 0 amide bonds. The second-order valence-electron chi connectivity index (χ2n) is 0. The monoisotopic (exact) mass is 122 g/mol. The van der Waals surface area contributed by atoms with Crippen LogP contribution in [0.2, 0.25) is 0 Å². The Morgan fingerprint density at radius 3 is 0.800 bits per heavy atom. The SMILES string of the molecule is O[S-].O[S-].[Mg+2]. The predicted molar refractivity (Wildman–Crippen MR) is 25.7 cm³/mol. The first-order chi connectivity index (χ1) is 2.00. The van der Waals surface area contributed by atoms with Crippen molar-refractivity contribution < 1.29 is 9.11 Å². The van der Waals surface area contributed by atoms with E-state index in [1.165, 1.54) is 0 Å². The molecule has 0 rings (SSSR count). The summed E-state index contributed by atoms with van der Waals surface area (Å²) in [5, 5.41) is 0. The van der Waals surface area contributed by atoms with Gasteiger partial charge in [-0.2, -0.15) is 0 Å². The van der Waals surface area contributed by atoms with Crippen LogP contribution in [-0.2, 0) is 25.8 Å². The fourth-order valence-electron chi connectivity index (χ4n) is 0. The van der Waals surface area contributed by atoms with Gasteiger partial charge in [-0.15, -0.1) is 0 Å². The molecule has 28 valence electrons. The Morgan fingerprint density at radius 1 is 0.800 bits per heavy atom. The molecule has 0 saturated carbocycles. The zero-order valence-electron chi connectivity index (χ0n) is 2.42. The molecule has 0 bridgehead atoms. The first-order valence-electron chi connectivity index (χ1n) is 0.365. The summed E-state index contributed by atoms with van der Waals surface area (Å²) in [6.07, 6.45) is 0. The average molecular weight is 122 g/mol. The molecule has 0 spiro atoms. The predicted octanol–water partition coefficient (Wildman–Crippen LogP) is -0.368. The molecule has 0 unspecified atom stereocenters. The van der Waals surface area contributed by atoms with Gasteiger partial charge in [0.2, 0.25) is 0 Å². The minimum Gasteiger partial charge on any atom is -0.628 e. The van der Waals surface area contributed by atoms with E-state index in [9.17, 15) is 0 Å². The van der Waals surface area contributed by atoms with Crippen LogP contribution in [0.15, 0.2) is 0 Å². The Morgan fingerprint density at radius 2 is 0.800 bits per heavy atom. The summed E-state index contributed by atoms with van der Waals surface area (Å²) in [5.74, 6) is 0. The van der Waals surface area contributed by atoms with Crippen molar-refractivity contribution in [2.75, 3.05) is 0 Å². The molecule has 2 nitrogen and oxygen atoms in total. The molecule has 0 aliphatic carbocycles. The van der Waals surface area contributed by atoms with E-state index in [1.54, 1.807) is 0 Å². The fourth-order valence-corrected chi connectivity index (χ4v) is 0. The van der Waals surface area contributed by atoms with Gasteiger partial charge in [-0.1, -0.05) is 0 Å². The molecule has 0 radical (unpaired) electrons. The summed E-state index contributed by atoms with van der Waals surface area (Å²) in [7, 11) is 0. The van der Waals surface area contributed by atoms with E-state index in [4.69, 9.17) is 9.11 Å². The molecule has 0 saturated heterocycles. The fraction of sp³-hybridized carbons (Fsp3) is 0. The van der Waals surface area contributed by atoms with E-state index in [0.717, 1.165) is 0 Å². The number of rotatable bonds is 0. The minimum atomic E-state index is 0. The Labute approximate surface area is 58.0 Å². The first kappa shape index (κ1) is 16.2. The molecule has 0 heterocycles. The molecular weight excluding hydrogens is 120 g/mol. The molecule has 0 aliphatic heterocycles. The van der Waals surface area contributed by atoms with Gasteiger partial charge in [-0.05, 0) is 0 Å². The maximum atomic E-state index is 6.58. The van der Waals surface area contributed by atoms with Gasteiger partial charge < -0.3 is 34.9 Å². The summed E-state index contributed by atoms with van der Waals surface area (Å²) < 4.78 is 13.2. The molecule has 0 aromatic rings. The summed E-state index contributed by atoms with van der Waals surface area (Å²) in [6, 6.07) is 0. The second-order valence-corrected chi connectivity index (χ2v) is 0. The number of hydrogen-bond donors (Lipinski definition) is 2. The molecule has 0 aromatic carbocycles. The van der Waals surface area contributed by atoms with Crippen LogP contribution >= 0.6 is 0 Å². The minimum absolute atomic E-state index is 0. The maximum Gasteiger partial charge on any atom is 2.00 e. The van der Waals surface area contributed by atoms with Gasteiger partial charge in [0, 0.05) is 0 Å². The van der Waals surface area contributed by atoms with E-state index >= 15 is 0 Å². The van der Waals surface area contributed by atoms with Crippen LogP contribution in [0, 0.1) is 0 Å². The van der Waals surface area contributed by atoms with Gasteiger partial charge in [0.15, 0.2) is 0 Å². The second kappa shape index (κ2) is 53.9. The van der Waals surface area contributed by atoms with E-state index < -0.39 is 0 Å². The van der Waals surface area contributed by atoms with Gasteiger partial charge >= 0.3 is 23.1 Å². The standard InChI is InChI=1S/Mg.2H2OS/c;2*1-2/h;2*1-2H/q+2;;/p-2. The van der Waals surface area contributed by atoms with E-state index in [2.05, 4.69) is 25.8 Å². The van der Waals surface area contributed by atoms with Crippen LogP contribution < -0.4 is 0 Å². The Balaban J connectivity index is -0.0000000133. The van der Waals surface area contributed by atoms with Crippen molar-refractivity contribution in [3.8, 4) is 0 Å². The molecule has 5 heteroatoms. The van der Waals surface area contributed by atoms with E-state index in [-0.39, 0.29) is 23.1 Å². The Hall–Kier alpha value is 1.39. The van der Waals surface area contributed by atoms with Crippen LogP contribution in [0.25, 0.3) is 0 Å². The topological polar surface area (TPSA) is 40.5 Å². The van der Waals surface area contributed by atoms with Crippen molar-refractivity contribution in [2.24, 2.45) is 0 Å².